The second-order valence-electron chi connectivity index (χ2n) is 6.40. The van der Waals surface area contributed by atoms with E-state index in [0.717, 1.165) is 16.0 Å². The van der Waals surface area contributed by atoms with E-state index in [0.29, 0.717) is 16.6 Å². The number of hydrogen-bond acceptors (Lipinski definition) is 7. The van der Waals surface area contributed by atoms with Gasteiger partial charge in [-0.2, -0.15) is 9.78 Å². The number of rotatable bonds is 5. The van der Waals surface area contributed by atoms with E-state index in [9.17, 15) is 9.59 Å². The molecular formula is C21H18N4O4S. The third-order valence-electron chi connectivity index (χ3n) is 4.42. The first kappa shape index (κ1) is 19.6. The number of aromatic nitrogens is 3. The molecule has 0 aliphatic heterocycles. The molecule has 9 heteroatoms. The van der Waals surface area contributed by atoms with Crippen molar-refractivity contribution in [1.29, 1.82) is 0 Å². The average molecular weight is 422 g/mol. The Kier molecular flexibility index (Phi) is 5.20. The minimum absolute atomic E-state index is 0.187. The van der Waals surface area contributed by atoms with Crippen molar-refractivity contribution in [3.63, 3.8) is 0 Å². The second kappa shape index (κ2) is 7.96. The van der Waals surface area contributed by atoms with Crippen molar-refractivity contribution in [1.82, 2.24) is 14.8 Å². The monoisotopic (exact) mass is 422 g/mol. The van der Waals surface area contributed by atoms with Gasteiger partial charge in [-0.3, -0.25) is 4.79 Å². The maximum absolute atomic E-state index is 12.9. The average Bonchev–Trinajstić information content (AvgIpc) is 3.35. The summed E-state index contributed by atoms with van der Waals surface area (Å²) in [7, 11) is 2.89. The van der Waals surface area contributed by atoms with Gasteiger partial charge in [0.25, 0.3) is 5.91 Å². The van der Waals surface area contributed by atoms with E-state index in [2.05, 4.69) is 15.4 Å². The number of nitrogens with one attached hydrogen (secondary N) is 1. The number of carbonyl (C=O) groups is 2. The molecule has 4 aromatic rings. The molecule has 0 aliphatic carbocycles. The molecule has 30 heavy (non-hydrogen) atoms. The molecular weight excluding hydrogens is 404 g/mol. The van der Waals surface area contributed by atoms with Crippen LogP contribution in [0.25, 0.3) is 15.3 Å². The van der Waals surface area contributed by atoms with E-state index in [-0.39, 0.29) is 11.1 Å². The van der Waals surface area contributed by atoms with Gasteiger partial charge in [-0.25, -0.2) is 9.78 Å². The smallest absolute Gasteiger partial charge is 0.338 e. The number of anilines is 1. The number of methoxy groups -OCH3 is 2. The summed E-state index contributed by atoms with van der Waals surface area (Å²) in [6.45, 7) is 1.82. The fourth-order valence-electron chi connectivity index (χ4n) is 3.00. The van der Waals surface area contributed by atoms with Crippen LogP contribution < -0.4 is 10.1 Å². The summed E-state index contributed by atoms with van der Waals surface area (Å²) >= 11 is 1.43. The van der Waals surface area contributed by atoms with E-state index in [1.807, 2.05) is 25.1 Å². The Morgan fingerprint density at radius 3 is 2.57 bits per heavy atom. The number of fused-ring (bicyclic) bond motifs is 1. The number of hydrogen-bond donors (Lipinski definition) is 1. The molecule has 0 radical (unpaired) electrons. The topological polar surface area (TPSA) is 95.3 Å². The molecule has 0 bridgehead atoms. The first-order valence-electron chi connectivity index (χ1n) is 9.00. The molecule has 0 saturated carbocycles. The molecule has 2 aromatic carbocycles. The lowest BCUT2D eigenvalue weighted by Crippen LogP contribution is -2.18. The van der Waals surface area contributed by atoms with E-state index in [1.54, 1.807) is 42.1 Å². The summed E-state index contributed by atoms with van der Waals surface area (Å²) in [5.74, 6) is 0.163. The van der Waals surface area contributed by atoms with E-state index in [4.69, 9.17) is 9.47 Å². The number of nitrogens with zero attached hydrogens (tertiary/aromatic N) is 3. The van der Waals surface area contributed by atoms with Crippen molar-refractivity contribution in [2.45, 2.75) is 6.92 Å². The zero-order chi connectivity index (χ0) is 21.3. The van der Waals surface area contributed by atoms with Gasteiger partial charge < -0.3 is 14.8 Å². The maximum atomic E-state index is 12.9. The molecule has 0 atom stereocenters. The number of esters is 1. The summed E-state index contributed by atoms with van der Waals surface area (Å²) in [6.07, 6.45) is 0. The number of amides is 1. The summed E-state index contributed by atoms with van der Waals surface area (Å²) < 4.78 is 12.6. The van der Waals surface area contributed by atoms with Gasteiger partial charge in [0, 0.05) is 6.07 Å². The van der Waals surface area contributed by atoms with Crippen LogP contribution in [0.5, 0.6) is 5.75 Å². The van der Waals surface area contributed by atoms with Gasteiger partial charge in [-0.15, -0.1) is 0 Å². The van der Waals surface area contributed by atoms with Crippen LogP contribution in [0.1, 0.15) is 26.4 Å². The van der Waals surface area contributed by atoms with Gasteiger partial charge in [0.2, 0.25) is 5.13 Å². The van der Waals surface area contributed by atoms with Gasteiger partial charge in [-0.1, -0.05) is 23.5 Å². The summed E-state index contributed by atoms with van der Waals surface area (Å²) in [4.78, 5) is 29.5. The van der Waals surface area contributed by atoms with Gasteiger partial charge in [0.15, 0.2) is 0 Å². The predicted octanol–water partition coefficient (Wildman–Crippen LogP) is 3.84. The highest BCUT2D eigenvalue weighted by Crippen LogP contribution is 2.30. The number of thiazole rings is 1. The highest BCUT2D eigenvalue weighted by atomic mass is 32.1. The van der Waals surface area contributed by atoms with Crippen LogP contribution in [0.4, 0.5) is 5.82 Å². The van der Waals surface area contributed by atoms with Crippen molar-refractivity contribution >= 4 is 39.2 Å². The number of ether oxygens (including phenoxy) is 2. The summed E-state index contributed by atoms with van der Waals surface area (Å²) in [5.41, 5.74) is 1.91. The molecule has 8 nitrogen and oxygen atoms in total. The SMILES string of the molecule is COC(=O)c1ccccc1C(=O)Nc1cc(C)nn1-c1nc2ccc(OC)cc2s1. The van der Waals surface area contributed by atoms with Crippen LogP contribution >= 0.6 is 11.3 Å². The van der Waals surface area contributed by atoms with E-state index < -0.39 is 11.9 Å². The van der Waals surface area contributed by atoms with Gasteiger partial charge in [0.05, 0.1) is 41.3 Å². The Labute approximate surface area is 176 Å². The van der Waals surface area contributed by atoms with Crippen molar-refractivity contribution in [2.24, 2.45) is 0 Å². The Balaban J connectivity index is 1.70. The molecule has 4 rings (SSSR count). The standard InChI is InChI=1S/C21H18N4O4S/c1-12-10-18(23-19(26)14-6-4-5-7-15(14)20(27)29-3)25(24-12)21-22-16-9-8-13(28-2)11-17(16)30-21/h4-11H,1-3H3,(H,23,26). The van der Waals surface area contributed by atoms with Crippen LogP contribution in [-0.4, -0.2) is 40.9 Å². The second-order valence-corrected chi connectivity index (χ2v) is 7.41. The summed E-state index contributed by atoms with van der Waals surface area (Å²) in [6, 6.07) is 13.8. The molecule has 1 amide bonds. The van der Waals surface area contributed by atoms with Crippen molar-refractivity contribution in [3.05, 3.63) is 65.4 Å². The molecule has 152 valence electrons. The van der Waals surface area contributed by atoms with E-state index in [1.165, 1.54) is 18.4 Å². The van der Waals surface area contributed by atoms with Gasteiger partial charge in [-0.05, 0) is 37.3 Å². The zero-order valence-electron chi connectivity index (χ0n) is 16.5. The Hall–Kier alpha value is -3.72. The van der Waals surface area contributed by atoms with Gasteiger partial charge >= 0.3 is 5.97 Å². The molecule has 2 heterocycles. The van der Waals surface area contributed by atoms with Crippen molar-refractivity contribution in [2.75, 3.05) is 19.5 Å². The van der Waals surface area contributed by atoms with Crippen LogP contribution in [0.15, 0.2) is 48.5 Å². The van der Waals surface area contributed by atoms with E-state index >= 15 is 0 Å². The Morgan fingerprint density at radius 2 is 1.83 bits per heavy atom. The highest BCUT2D eigenvalue weighted by molar-refractivity contribution is 7.20. The van der Waals surface area contributed by atoms with Crippen molar-refractivity contribution < 1.29 is 19.1 Å². The largest absolute Gasteiger partial charge is 0.497 e. The lowest BCUT2D eigenvalue weighted by Gasteiger charge is -2.09. The number of benzene rings is 2. The zero-order valence-corrected chi connectivity index (χ0v) is 17.3. The minimum Gasteiger partial charge on any atom is -0.497 e. The quantitative estimate of drug-likeness (QED) is 0.491. The molecule has 0 aliphatic rings. The highest BCUT2D eigenvalue weighted by Gasteiger charge is 2.20. The third kappa shape index (κ3) is 3.62. The van der Waals surface area contributed by atoms with Crippen molar-refractivity contribution in [3.8, 4) is 10.9 Å². The fourth-order valence-corrected chi connectivity index (χ4v) is 3.96. The fraction of sp³-hybridized carbons (Fsp3) is 0.143. The van der Waals surface area contributed by atoms with Gasteiger partial charge in [0.1, 0.15) is 11.6 Å². The Morgan fingerprint density at radius 1 is 1.07 bits per heavy atom. The molecule has 0 fully saturated rings. The first-order valence-corrected chi connectivity index (χ1v) is 9.82. The minimum atomic E-state index is -0.578. The number of aryl methyl sites for hydroxylation is 1. The molecule has 1 N–H and O–H groups in total. The summed E-state index contributed by atoms with van der Waals surface area (Å²) in [5, 5.41) is 7.89. The van der Waals surface area contributed by atoms with Crippen LogP contribution in [0, 0.1) is 6.92 Å². The van der Waals surface area contributed by atoms with Crippen LogP contribution in [0.3, 0.4) is 0 Å². The Bertz CT molecular complexity index is 1260. The maximum Gasteiger partial charge on any atom is 0.338 e. The molecule has 2 aromatic heterocycles. The lowest BCUT2D eigenvalue weighted by atomic mass is 10.1. The first-order chi connectivity index (χ1) is 14.5. The third-order valence-corrected chi connectivity index (χ3v) is 5.41. The molecule has 0 unspecified atom stereocenters. The lowest BCUT2D eigenvalue weighted by molar-refractivity contribution is 0.0597. The number of carbonyl (C=O) groups excluding carboxylic acids is 2. The molecule has 0 spiro atoms. The van der Waals surface area contributed by atoms with Crippen LogP contribution in [0.2, 0.25) is 0 Å². The van der Waals surface area contributed by atoms with Crippen LogP contribution in [-0.2, 0) is 4.74 Å². The predicted molar refractivity (Wildman–Crippen MR) is 114 cm³/mol. The normalized spacial score (nSPS) is 10.8. The molecule has 0 saturated heterocycles.